The molecule has 4 heteroatoms. The van der Waals surface area contributed by atoms with Crippen LogP contribution >= 0.6 is 11.6 Å². The molecule has 0 spiro atoms. The van der Waals surface area contributed by atoms with Crippen molar-refractivity contribution in [3.63, 3.8) is 0 Å². The molecule has 0 atom stereocenters. The Morgan fingerprint density at radius 1 is 1.16 bits per heavy atom. The molecule has 0 amide bonds. The Morgan fingerprint density at radius 2 is 2.00 bits per heavy atom. The van der Waals surface area contributed by atoms with E-state index in [1.807, 2.05) is 12.1 Å². The Morgan fingerprint density at radius 3 is 2.79 bits per heavy atom. The number of fused-ring (bicyclic) bond motifs is 2. The van der Waals surface area contributed by atoms with Crippen LogP contribution in [0.5, 0.6) is 5.75 Å². The summed E-state index contributed by atoms with van der Waals surface area (Å²) in [6, 6.07) is 10.6. The second kappa shape index (κ2) is 4.52. The minimum absolute atomic E-state index is 0.120. The zero-order chi connectivity index (χ0) is 13.4. The van der Waals surface area contributed by atoms with Gasteiger partial charge in [-0.2, -0.15) is 0 Å². The normalized spacial score (nSPS) is 10.8. The van der Waals surface area contributed by atoms with Gasteiger partial charge in [-0.1, -0.05) is 11.6 Å². The summed E-state index contributed by atoms with van der Waals surface area (Å²) in [6.07, 6.45) is 1.60. The Bertz CT molecular complexity index is 846. The second-order valence-corrected chi connectivity index (χ2v) is 4.61. The van der Waals surface area contributed by atoms with E-state index in [0.29, 0.717) is 27.1 Å². The number of rotatable bonds is 1. The van der Waals surface area contributed by atoms with E-state index in [0.717, 1.165) is 5.39 Å². The highest BCUT2D eigenvalue weighted by molar-refractivity contribution is 6.31. The molecule has 1 heterocycles. The van der Waals surface area contributed by atoms with Crippen LogP contribution in [0.2, 0.25) is 5.02 Å². The minimum atomic E-state index is -0.120. The molecule has 3 nitrogen and oxygen atoms in total. The number of aromatic nitrogens is 1. The number of ether oxygens (including phenoxy) is 1. The van der Waals surface area contributed by atoms with Gasteiger partial charge in [0, 0.05) is 22.0 Å². The van der Waals surface area contributed by atoms with Gasteiger partial charge in [0.1, 0.15) is 11.3 Å². The van der Waals surface area contributed by atoms with E-state index < -0.39 is 0 Å². The first-order chi connectivity index (χ1) is 9.20. The molecule has 0 aliphatic heterocycles. The minimum Gasteiger partial charge on any atom is -0.496 e. The number of hydrogen-bond donors (Lipinski definition) is 0. The fourth-order valence-electron chi connectivity index (χ4n) is 2.16. The molecule has 0 saturated heterocycles. The standard InChI is InChI=1S/C15H10ClNO2/c1-19-13-8-9-7-10(16)4-5-11(9)15(18)14-12(13)3-2-6-17-14/h2-8H,1H3. The summed E-state index contributed by atoms with van der Waals surface area (Å²) in [6.45, 7) is 0. The summed E-state index contributed by atoms with van der Waals surface area (Å²) >= 11 is 5.98. The second-order valence-electron chi connectivity index (χ2n) is 4.17. The maximum absolute atomic E-state index is 12.5. The van der Waals surface area contributed by atoms with Gasteiger partial charge in [-0.25, -0.2) is 0 Å². The Kier molecular flexibility index (Phi) is 2.84. The third-order valence-corrected chi connectivity index (χ3v) is 3.29. The molecule has 0 radical (unpaired) electrons. The molecule has 3 aromatic rings. The van der Waals surface area contributed by atoms with Crippen molar-refractivity contribution in [1.29, 1.82) is 0 Å². The van der Waals surface area contributed by atoms with Crippen LogP contribution in [0, 0.1) is 0 Å². The first-order valence-corrected chi connectivity index (χ1v) is 6.14. The van der Waals surface area contributed by atoms with E-state index >= 15 is 0 Å². The highest BCUT2D eigenvalue weighted by Gasteiger charge is 2.08. The van der Waals surface area contributed by atoms with Gasteiger partial charge in [-0.15, -0.1) is 0 Å². The molecule has 1 aromatic heterocycles. The lowest BCUT2D eigenvalue weighted by Gasteiger charge is -1.99. The predicted octanol–water partition coefficient (Wildman–Crippen LogP) is 3.41. The number of benzene rings is 1. The summed E-state index contributed by atoms with van der Waals surface area (Å²) < 4.78 is 5.37. The number of hydrogen-bond acceptors (Lipinski definition) is 3. The molecule has 0 unspecified atom stereocenters. The van der Waals surface area contributed by atoms with E-state index in [-0.39, 0.29) is 5.43 Å². The fourth-order valence-corrected chi connectivity index (χ4v) is 2.34. The third-order valence-electron chi connectivity index (χ3n) is 3.05. The van der Waals surface area contributed by atoms with Crippen molar-refractivity contribution in [2.75, 3.05) is 7.11 Å². The van der Waals surface area contributed by atoms with Gasteiger partial charge in [0.15, 0.2) is 0 Å². The van der Waals surface area contributed by atoms with E-state index in [4.69, 9.17) is 16.3 Å². The van der Waals surface area contributed by atoms with Crippen LogP contribution in [0.3, 0.4) is 0 Å². The molecule has 0 fully saturated rings. The molecule has 0 N–H and O–H groups in total. The van der Waals surface area contributed by atoms with Gasteiger partial charge in [0.2, 0.25) is 5.43 Å². The highest BCUT2D eigenvalue weighted by atomic mass is 35.5. The quantitative estimate of drug-likeness (QED) is 0.681. The highest BCUT2D eigenvalue weighted by Crippen LogP contribution is 2.26. The number of nitrogens with zero attached hydrogens (tertiary/aromatic N) is 1. The van der Waals surface area contributed by atoms with E-state index in [9.17, 15) is 4.79 Å². The lowest BCUT2D eigenvalue weighted by Crippen LogP contribution is -2.00. The Hall–Kier alpha value is -2.13. The van der Waals surface area contributed by atoms with E-state index in [1.165, 1.54) is 0 Å². The van der Waals surface area contributed by atoms with Crippen molar-refractivity contribution < 1.29 is 4.74 Å². The van der Waals surface area contributed by atoms with Crippen molar-refractivity contribution in [2.24, 2.45) is 0 Å². The number of halogens is 1. The fraction of sp³-hybridized carbons (Fsp3) is 0.0667. The SMILES string of the molecule is COc1cc2cc(Cl)ccc2c(=O)c2ncccc12. The van der Waals surface area contributed by atoms with Crippen LogP contribution in [-0.4, -0.2) is 12.1 Å². The van der Waals surface area contributed by atoms with Gasteiger partial charge < -0.3 is 4.74 Å². The molecule has 0 aliphatic carbocycles. The van der Waals surface area contributed by atoms with Crippen molar-refractivity contribution in [1.82, 2.24) is 4.98 Å². The van der Waals surface area contributed by atoms with Crippen molar-refractivity contribution in [3.05, 3.63) is 57.8 Å². The summed E-state index contributed by atoms with van der Waals surface area (Å²) in [7, 11) is 1.57. The first kappa shape index (κ1) is 11.9. The molecule has 0 saturated carbocycles. The van der Waals surface area contributed by atoms with E-state index in [1.54, 1.807) is 37.6 Å². The zero-order valence-corrected chi connectivity index (χ0v) is 10.9. The van der Waals surface area contributed by atoms with Crippen LogP contribution in [-0.2, 0) is 0 Å². The van der Waals surface area contributed by atoms with Crippen LogP contribution < -0.4 is 10.2 Å². The summed E-state index contributed by atoms with van der Waals surface area (Å²) in [4.78, 5) is 16.7. The van der Waals surface area contributed by atoms with Gasteiger partial charge in [-0.3, -0.25) is 9.78 Å². The molecular formula is C15H10ClNO2. The Labute approximate surface area is 114 Å². The maximum atomic E-state index is 12.5. The smallest absolute Gasteiger partial charge is 0.212 e. The largest absolute Gasteiger partial charge is 0.496 e. The van der Waals surface area contributed by atoms with E-state index in [2.05, 4.69) is 4.98 Å². The lowest BCUT2D eigenvalue weighted by atomic mass is 10.2. The van der Waals surface area contributed by atoms with Crippen molar-refractivity contribution in [3.8, 4) is 5.75 Å². The molecule has 94 valence electrons. The predicted molar refractivity (Wildman–Crippen MR) is 77.1 cm³/mol. The van der Waals surface area contributed by atoms with Gasteiger partial charge in [0.25, 0.3) is 0 Å². The number of pyridine rings is 1. The lowest BCUT2D eigenvalue weighted by molar-refractivity contribution is 0.420. The van der Waals surface area contributed by atoms with Crippen molar-refractivity contribution >= 4 is 33.3 Å². The summed E-state index contributed by atoms with van der Waals surface area (Å²) in [5.74, 6) is 0.609. The zero-order valence-electron chi connectivity index (χ0n) is 10.2. The maximum Gasteiger partial charge on any atom is 0.212 e. The van der Waals surface area contributed by atoms with Gasteiger partial charge in [0.05, 0.1) is 7.11 Å². The third kappa shape index (κ3) is 1.92. The van der Waals surface area contributed by atoms with Crippen LogP contribution in [0.15, 0.2) is 47.4 Å². The molecule has 0 aliphatic rings. The monoisotopic (exact) mass is 271 g/mol. The molecule has 2 aromatic carbocycles. The molecular weight excluding hydrogens is 262 g/mol. The van der Waals surface area contributed by atoms with Crippen LogP contribution in [0.1, 0.15) is 0 Å². The average molecular weight is 272 g/mol. The molecule has 0 bridgehead atoms. The summed E-state index contributed by atoms with van der Waals surface area (Å²) in [5, 5.41) is 2.60. The van der Waals surface area contributed by atoms with Crippen LogP contribution in [0.25, 0.3) is 21.7 Å². The average Bonchev–Trinajstić information content (AvgIpc) is 2.55. The van der Waals surface area contributed by atoms with Gasteiger partial charge >= 0.3 is 0 Å². The first-order valence-electron chi connectivity index (χ1n) is 5.76. The van der Waals surface area contributed by atoms with Crippen LogP contribution in [0.4, 0.5) is 0 Å². The number of methoxy groups -OCH3 is 1. The Balaban J connectivity index is 2.66. The van der Waals surface area contributed by atoms with Crippen molar-refractivity contribution in [2.45, 2.75) is 0 Å². The topological polar surface area (TPSA) is 39.2 Å². The van der Waals surface area contributed by atoms with Gasteiger partial charge in [-0.05, 0) is 41.8 Å². The molecule has 19 heavy (non-hydrogen) atoms. The summed E-state index contributed by atoms with van der Waals surface area (Å²) in [5.41, 5.74) is 0.280. The molecule has 3 rings (SSSR count).